The van der Waals surface area contributed by atoms with Crippen molar-refractivity contribution in [3.05, 3.63) is 35.0 Å². The normalized spacial score (nSPS) is 16.4. The lowest BCUT2D eigenvalue weighted by atomic mass is 9.95. The van der Waals surface area contributed by atoms with Gasteiger partial charge in [0, 0.05) is 6.07 Å². The summed E-state index contributed by atoms with van der Waals surface area (Å²) in [5.41, 5.74) is 1.34. The van der Waals surface area contributed by atoms with Crippen molar-refractivity contribution in [1.29, 1.82) is 0 Å². The molecule has 1 aromatic rings. The van der Waals surface area contributed by atoms with Crippen LogP contribution in [0.15, 0.2) is 29.8 Å². The molecule has 1 unspecified atom stereocenters. The van der Waals surface area contributed by atoms with Crippen LogP contribution >= 0.6 is 11.6 Å². The zero-order valence-corrected chi connectivity index (χ0v) is 12.0. The predicted octanol–water partition coefficient (Wildman–Crippen LogP) is 3.85. The van der Waals surface area contributed by atoms with E-state index in [0.717, 1.165) is 19.3 Å². The molecule has 108 valence electrons. The van der Waals surface area contributed by atoms with Gasteiger partial charge in [0.2, 0.25) is 5.88 Å². The van der Waals surface area contributed by atoms with Crippen molar-refractivity contribution < 1.29 is 14.6 Å². The fraction of sp³-hybridized carbons (Fsp3) is 0.467. The fourth-order valence-corrected chi connectivity index (χ4v) is 2.44. The minimum atomic E-state index is -0.969. The molecule has 20 heavy (non-hydrogen) atoms. The topological polar surface area (TPSA) is 59.4 Å². The van der Waals surface area contributed by atoms with Gasteiger partial charge in [-0.15, -0.1) is 0 Å². The van der Waals surface area contributed by atoms with Gasteiger partial charge in [-0.1, -0.05) is 29.3 Å². The molecular weight excluding hydrogens is 278 g/mol. The average molecular weight is 296 g/mol. The van der Waals surface area contributed by atoms with Gasteiger partial charge in [-0.05, 0) is 44.6 Å². The number of allylic oxidation sites excluding steroid dienone is 2. The number of aromatic nitrogens is 1. The summed E-state index contributed by atoms with van der Waals surface area (Å²) < 4.78 is 5.43. The molecule has 1 heterocycles. The summed E-state index contributed by atoms with van der Waals surface area (Å²) in [5.74, 6) is -0.717. The van der Waals surface area contributed by atoms with Crippen molar-refractivity contribution in [3.63, 3.8) is 0 Å². The highest BCUT2D eigenvalue weighted by Crippen LogP contribution is 2.23. The van der Waals surface area contributed by atoms with Crippen molar-refractivity contribution in [2.45, 2.75) is 44.6 Å². The van der Waals surface area contributed by atoms with Crippen LogP contribution in [0, 0.1) is 0 Å². The van der Waals surface area contributed by atoms with Gasteiger partial charge in [0.1, 0.15) is 5.15 Å². The molecule has 0 spiro atoms. The van der Waals surface area contributed by atoms with E-state index in [2.05, 4.69) is 11.1 Å². The van der Waals surface area contributed by atoms with Gasteiger partial charge < -0.3 is 9.84 Å². The number of ether oxygens (including phenoxy) is 1. The molecule has 4 nitrogen and oxygen atoms in total. The van der Waals surface area contributed by atoms with Gasteiger partial charge in [-0.3, -0.25) is 0 Å². The summed E-state index contributed by atoms with van der Waals surface area (Å²) in [4.78, 5) is 15.2. The van der Waals surface area contributed by atoms with Crippen LogP contribution in [0.25, 0.3) is 0 Å². The number of hydrogen-bond acceptors (Lipinski definition) is 3. The largest absolute Gasteiger partial charge is 0.479 e. The highest BCUT2D eigenvalue weighted by molar-refractivity contribution is 6.29. The lowest BCUT2D eigenvalue weighted by Gasteiger charge is -2.17. The van der Waals surface area contributed by atoms with E-state index in [1.807, 2.05) is 0 Å². The van der Waals surface area contributed by atoms with E-state index < -0.39 is 12.1 Å². The molecule has 0 saturated carbocycles. The number of nitrogens with zero attached hydrogens (tertiary/aromatic N) is 1. The lowest BCUT2D eigenvalue weighted by Crippen LogP contribution is -2.27. The second-order valence-corrected chi connectivity index (χ2v) is 5.28. The van der Waals surface area contributed by atoms with E-state index in [1.54, 1.807) is 18.2 Å². The molecule has 1 N–H and O–H groups in total. The Kier molecular flexibility index (Phi) is 5.41. The molecule has 0 fully saturated rings. The minimum Gasteiger partial charge on any atom is -0.479 e. The Morgan fingerprint density at radius 1 is 1.45 bits per heavy atom. The molecule has 0 amide bonds. The van der Waals surface area contributed by atoms with E-state index in [9.17, 15) is 9.90 Å². The number of carboxylic acids is 1. The Labute approximate surface area is 123 Å². The SMILES string of the molecule is O=C(O)C(CCC1=CCCCC1)Oc1cccc(Cl)n1. The second-order valence-electron chi connectivity index (χ2n) is 4.89. The Bertz CT molecular complexity index is 502. The van der Waals surface area contributed by atoms with Gasteiger partial charge >= 0.3 is 5.97 Å². The van der Waals surface area contributed by atoms with E-state index in [1.165, 1.54) is 18.4 Å². The number of halogens is 1. The first-order chi connectivity index (χ1) is 9.65. The fourth-order valence-electron chi connectivity index (χ4n) is 2.28. The second kappa shape index (κ2) is 7.29. The number of carbonyl (C=O) groups is 1. The van der Waals surface area contributed by atoms with Crippen molar-refractivity contribution in [2.75, 3.05) is 0 Å². The third-order valence-electron chi connectivity index (χ3n) is 3.34. The average Bonchev–Trinajstić information content (AvgIpc) is 2.44. The van der Waals surface area contributed by atoms with Crippen molar-refractivity contribution in [3.8, 4) is 5.88 Å². The molecule has 5 heteroatoms. The quantitative estimate of drug-likeness (QED) is 0.640. The van der Waals surface area contributed by atoms with E-state index in [-0.39, 0.29) is 5.88 Å². The number of carboxylic acid groups (broad SMARTS) is 1. The number of rotatable bonds is 6. The number of pyridine rings is 1. The van der Waals surface area contributed by atoms with Crippen molar-refractivity contribution >= 4 is 17.6 Å². The maximum absolute atomic E-state index is 11.3. The molecule has 1 aliphatic carbocycles. The molecule has 0 bridgehead atoms. The first kappa shape index (κ1) is 14.9. The Morgan fingerprint density at radius 2 is 2.30 bits per heavy atom. The molecule has 1 aliphatic rings. The van der Waals surface area contributed by atoms with Crippen LogP contribution in [-0.4, -0.2) is 22.2 Å². The maximum Gasteiger partial charge on any atom is 0.344 e. The number of hydrogen-bond donors (Lipinski definition) is 1. The number of aliphatic carboxylic acids is 1. The van der Waals surface area contributed by atoms with Gasteiger partial charge in [0.25, 0.3) is 0 Å². The van der Waals surface area contributed by atoms with Crippen LogP contribution in [0.3, 0.4) is 0 Å². The molecule has 1 atom stereocenters. The van der Waals surface area contributed by atoms with Crippen LogP contribution < -0.4 is 4.74 Å². The predicted molar refractivity (Wildman–Crippen MR) is 77.1 cm³/mol. The van der Waals surface area contributed by atoms with Crippen LogP contribution in [0.5, 0.6) is 5.88 Å². The molecule has 2 rings (SSSR count). The van der Waals surface area contributed by atoms with Crippen LogP contribution in [0.2, 0.25) is 5.15 Å². The highest BCUT2D eigenvalue weighted by atomic mass is 35.5. The molecular formula is C15H18ClNO3. The first-order valence-corrected chi connectivity index (χ1v) is 7.23. The third kappa shape index (κ3) is 4.53. The smallest absolute Gasteiger partial charge is 0.344 e. The van der Waals surface area contributed by atoms with E-state index in [4.69, 9.17) is 16.3 Å². The van der Waals surface area contributed by atoms with Crippen molar-refractivity contribution in [2.24, 2.45) is 0 Å². The summed E-state index contributed by atoms with van der Waals surface area (Å²) in [6.45, 7) is 0. The molecule has 0 aliphatic heterocycles. The lowest BCUT2D eigenvalue weighted by molar-refractivity contribution is -0.145. The highest BCUT2D eigenvalue weighted by Gasteiger charge is 2.20. The molecule has 0 saturated heterocycles. The first-order valence-electron chi connectivity index (χ1n) is 6.85. The standard InChI is InChI=1S/C15H18ClNO3/c16-13-7-4-8-14(17-13)20-12(15(18)19)10-9-11-5-2-1-3-6-11/h4-5,7-8,12H,1-3,6,9-10H2,(H,18,19). The molecule has 0 radical (unpaired) electrons. The van der Waals surface area contributed by atoms with Gasteiger partial charge in [0.05, 0.1) is 0 Å². The van der Waals surface area contributed by atoms with Gasteiger partial charge in [-0.25, -0.2) is 9.78 Å². The maximum atomic E-state index is 11.3. The molecule has 0 aromatic carbocycles. The van der Waals surface area contributed by atoms with E-state index >= 15 is 0 Å². The summed E-state index contributed by atoms with van der Waals surface area (Å²) in [6, 6.07) is 4.92. The van der Waals surface area contributed by atoms with E-state index in [0.29, 0.717) is 11.6 Å². The molecule has 1 aromatic heterocycles. The third-order valence-corrected chi connectivity index (χ3v) is 3.55. The zero-order valence-electron chi connectivity index (χ0n) is 11.2. The van der Waals surface area contributed by atoms with Crippen LogP contribution in [0.1, 0.15) is 38.5 Å². The van der Waals surface area contributed by atoms with Gasteiger partial charge in [-0.2, -0.15) is 0 Å². The Hall–Kier alpha value is -1.55. The monoisotopic (exact) mass is 295 g/mol. The Balaban J connectivity index is 1.93. The van der Waals surface area contributed by atoms with Crippen LogP contribution in [-0.2, 0) is 4.79 Å². The van der Waals surface area contributed by atoms with Gasteiger partial charge in [0.15, 0.2) is 6.10 Å². The van der Waals surface area contributed by atoms with Crippen molar-refractivity contribution in [1.82, 2.24) is 4.98 Å². The minimum absolute atomic E-state index is 0.252. The summed E-state index contributed by atoms with van der Waals surface area (Å²) in [6.07, 6.45) is 7.15. The summed E-state index contributed by atoms with van der Waals surface area (Å²) >= 11 is 5.76. The summed E-state index contributed by atoms with van der Waals surface area (Å²) in [7, 11) is 0. The van der Waals surface area contributed by atoms with Crippen LogP contribution in [0.4, 0.5) is 0 Å². The Morgan fingerprint density at radius 3 is 2.95 bits per heavy atom. The zero-order chi connectivity index (χ0) is 14.4. The summed E-state index contributed by atoms with van der Waals surface area (Å²) in [5, 5.41) is 9.52.